The van der Waals surface area contributed by atoms with Gasteiger partial charge in [-0.05, 0) is 61.4 Å². The van der Waals surface area contributed by atoms with Crippen molar-refractivity contribution in [1.82, 2.24) is 0 Å². The van der Waals surface area contributed by atoms with Gasteiger partial charge in [0.05, 0.1) is 6.61 Å². The Labute approximate surface area is 142 Å². The lowest BCUT2D eigenvalue weighted by molar-refractivity contribution is -0.111. The minimum Gasteiger partial charge on any atom is -0.494 e. The molecule has 124 valence electrons. The Hall–Kier alpha value is -2.88. The molecule has 1 N–H and O–H groups in total. The summed E-state index contributed by atoms with van der Waals surface area (Å²) in [6.07, 6.45) is 3.46. The molecule has 0 bridgehead atoms. The lowest BCUT2D eigenvalue weighted by Crippen LogP contribution is -2.08. The smallest absolute Gasteiger partial charge is 0.248 e. The Kier molecular flexibility index (Phi) is 6.32. The summed E-state index contributed by atoms with van der Waals surface area (Å²) in [6.45, 7) is 4.55. The molecule has 0 aliphatic rings. The third-order valence-electron chi connectivity index (χ3n) is 3.47. The molecule has 0 spiro atoms. The van der Waals surface area contributed by atoms with E-state index < -0.39 is 0 Å². The molecule has 0 aliphatic carbocycles. The van der Waals surface area contributed by atoms with Gasteiger partial charge in [-0.25, -0.2) is 0 Å². The van der Waals surface area contributed by atoms with Gasteiger partial charge in [-0.2, -0.15) is 0 Å². The second-order valence-electron chi connectivity index (χ2n) is 5.19. The summed E-state index contributed by atoms with van der Waals surface area (Å²) in [7, 11) is 0. The molecule has 0 heterocycles. The average molecular weight is 323 g/mol. The Bertz CT molecular complexity index is 716. The Morgan fingerprint density at radius 3 is 2.21 bits per heavy atom. The summed E-state index contributed by atoms with van der Waals surface area (Å²) in [6, 6.07) is 14.4. The normalized spacial score (nSPS) is 10.6. The first-order valence-electron chi connectivity index (χ1n) is 7.97. The molecule has 2 aromatic carbocycles. The van der Waals surface area contributed by atoms with E-state index in [1.807, 2.05) is 31.2 Å². The van der Waals surface area contributed by atoms with E-state index in [9.17, 15) is 9.59 Å². The van der Waals surface area contributed by atoms with Crippen LogP contribution in [0.25, 0.3) is 0 Å². The van der Waals surface area contributed by atoms with E-state index in [4.69, 9.17) is 4.74 Å². The number of carbonyl (C=O) groups excluding carboxylic acids is 2. The summed E-state index contributed by atoms with van der Waals surface area (Å²) >= 11 is 0. The molecular weight excluding hydrogens is 302 g/mol. The SMILES string of the molecule is CCOc1ccc(C(=O)/C=C/C(=O)Nc2ccc(CC)cc2)cc1. The summed E-state index contributed by atoms with van der Waals surface area (Å²) in [5.74, 6) is 0.152. The fraction of sp³-hybridized carbons (Fsp3) is 0.200. The van der Waals surface area contributed by atoms with Crippen LogP contribution >= 0.6 is 0 Å². The number of benzene rings is 2. The molecule has 0 atom stereocenters. The molecule has 4 heteroatoms. The molecule has 0 unspecified atom stereocenters. The molecule has 0 radical (unpaired) electrons. The number of hydrogen-bond acceptors (Lipinski definition) is 3. The van der Waals surface area contributed by atoms with E-state index in [-0.39, 0.29) is 11.7 Å². The molecule has 0 saturated carbocycles. The fourth-order valence-corrected chi connectivity index (χ4v) is 2.14. The van der Waals surface area contributed by atoms with Gasteiger partial charge in [0.2, 0.25) is 5.91 Å². The monoisotopic (exact) mass is 323 g/mol. The molecular formula is C20H21NO3. The number of nitrogens with one attached hydrogen (secondary N) is 1. The number of ketones is 1. The Morgan fingerprint density at radius 1 is 0.958 bits per heavy atom. The maximum absolute atomic E-state index is 12.0. The number of hydrogen-bond donors (Lipinski definition) is 1. The summed E-state index contributed by atoms with van der Waals surface area (Å²) < 4.78 is 5.33. The van der Waals surface area contributed by atoms with Gasteiger partial charge in [0, 0.05) is 17.3 Å². The maximum Gasteiger partial charge on any atom is 0.248 e. The lowest BCUT2D eigenvalue weighted by atomic mass is 10.1. The van der Waals surface area contributed by atoms with E-state index in [0.29, 0.717) is 23.6 Å². The highest BCUT2D eigenvalue weighted by Crippen LogP contribution is 2.13. The van der Waals surface area contributed by atoms with Gasteiger partial charge in [0.1, 0.15) is 5.75 Å². The standard InChI is InChI=1S/C20H21NO3/c1-3-15-5-9-17(10-6-15)21-20(23)14-13-19(22)16-7-11-18(12-8-16)24-4-2/h5-14H,3-4H2,1-2H3,(H,21,23)/b14-13+. The highest BCUT2D eigenvalue weighted by atomic mass is 16.5. The summed E-state index contributed by atoms with van der Waals surface area (Å²) in [5.41, 5.74) is 2.42. The van der Waals surface area contributed by atoms with Gasteiger partial charge in [0.15, 0.2) is 5.78 Å². The largest absolute Gasteiger partial charge is 0.494 e. The van der Waals surface area contributed by atoms with Crippen LogP contribution in [-0.4, -0.2) is 18.3 Å². The van der Waals surface area contributed by atoms with Crippen molar-refractivity contribution in [2.24, 2.45) is 0 Å². The lowest BCUT2D eigenvalue weighted by Gasteiger charge is -2.04. The van der Waals surface area contributed by atoms with Gasteiger partial charge in [-0.1, -0.05) is 19.1 Å². The number of allylic oxidation sites excluding steroid dienone is 1. The number of anilines is 1. The van der Waals surface area contributed by atoms with Crippen molar-refractivity contribution in [2.45, 2.75) is 20.3 Å². The third kappa shape index (κ3) is 5.09. The summed E-state index contributed by atoms with van der Waals surface area (Å²) in [4.78, 5) is 23.9. The minimum absolute atomic E-state index is 0.227. The third-order valence-corrected chi connectivity index (χ3v) is 3.47. The van der Waals surface area contributed by atoms with E-state index in [1.165, 1.54) is 17.7 Å². The molecule has 0 fully saturated rings. The number of carbonyl (C=O) groups is 2. The zero-order chi connectivity index (χ0) is 17.4. The minimum atomic E-state index is -0.335. The van der Waals surface area contributed by atoms with Crippen molar-refractivity contribution >= 4 is 17.4 Å². The molecule has 24 heavy (non-hydrogen) atoms. The molecule has 1 amide bonds. The average Bonchev–Trinajstić information content (AvgIpc) is 2.61. The van der Waals surface area contributed by atoms with Crippen LogP contribution in [0.1, 0.15) is 29.8 Å². The predicted molar refractivity (Wildman–Crippen MR) is 95.5 cm³/mol. The van der Waals surface area contributed by atoms with Crippen molar-refractivity contribution in [2.75, 3.05) is 11.9 Å². The Balaban J connectivity index is 1.93. The Morgan fingerprint density at radius 2 is 1.62 bits per heavy atom. The van der Waals surface area contributed by atoms with Crippen LogP contribution in [0.3, 0.4) is 0 Å². The highest BCUT2D eigenvalue weighted by Gasteiger charge is 2.04. The van der Waals surface area contributed by atoms with E-state index in [2.05, 4.69) is 12.2 Å². The van der Waals surface area contributed by atoms with Crippen LogP contribution < -0.4 is 10.1 Å². The van der Waals surface area contributed by atoms with Crippen LogP contribution in [0.15, 0.2) is 60.7 Å². The van der Waals surface area contributed by atoms with Gasteiger partial charge < -0.3 is 10.1 Å². The van der Waals surface area contributed by atoms with Crippen LogP contribution in [0.5, 0.6) is 5.75 Å². The molecule has 2 aromatic rings. The molecule has 0 saturated heterocycles. The second kappa shape index (κ2) is 8.67. The second-order valence-corrected chi connectivity index (χ2v) is 5.19. The van der Waals surface area contributed by atoms with Crippen LogP contribution in [0.2, 0.25) is 0 Å². The van der Waals surface area contributed by atoms with Gasteiger partial charge in [-0.3, -0.25) is 9.59 Å². The van der Waals surface area contributed by atoms with E-state index in [1.54, 1.807) is 24.3 Å². The first-order chi connectivity index (χ1) is 11.6. The van der Waals surface area contributed by atoms with Crippen molar-refractivity contribution < 1.29 is 14.3 Å². The maximum atomic E-state index is 12.0. The molecule has 2 rings (SSSR count). The van der Waals surface area contributed by atoms with Crippen molar-refractivity contribution in [3.8, 4) is 5.75 Å². The van der Waals surface area contributed by atoms with E-state index >= 15 is 0 Å². The molecule has 0 aromatic heterocycles. The zero-order valence-corrected chi connectivity index (χ0v) is 13.9. The van der Waals surface area contributed by atoms with Crippen molar-refractivity contribution in [3.05, 3.63) is 71.8 Å². The first kappa shape index (κ1) is 17.5. The van der Waals surface area contributed by atoms with Crippen LogP contribution in [0, 0.1) is 0 Å². The molecule has 0 aliphatic heterocycles. The highest BCUT2D eigenvalue weighted by molar-refractivity contribution is 6.09. The number of rotatable bonds is 7. The van der Waals surface area contributed by atoms with Gasteiger partial charge in [0.25, 0.3) is 0 Å². The van der Waals surface area contributed by atoms with Gasteiger partial charge in [-0.15, -0.1) is 0 Å². The van der Waals surface area contributed by atoms with Crippen molar-refractivity contribution in [3.63, 3.8) is 0 Å². The van der Waals surface area contributed by atoms with Gasteiger partial charge >= 0.3 is 0 Å². The topological polar surface area (TPSA) is 55.4 Å². The first-order valence-corrected chi connectivity index (χ1v) is 7.97. The number of ether oxygens (including phenoxy) is 1. The van der Waals surface area contributed by atoms with E-state index in [0.717, 1.165) is 6.42 Å². The fourth-order valence-electron chi connectivity index (χ4n) is 2.14. The van der Waals surface area contributed by atoms with Crippen molar-refractivity contribution in [1.29, 1.82) is 0 Å². The predicted octanol–water partition coefficient (Wildman–Crippen LogP) is 4.03. The number of aryl methyl sites for hydroxylation is 1. The van der Waals surface area contributed by atoms with Crippen LogP contribution in [-0.2, 0) is 11.2 Å². The molecule has 4 nitrogen and oxygen atoms in total. The number of amides is 1. The van der Waals surface area contributed by atoms with Crippen LogP contribution in [0.4, 0.5) is 5.69 Å². The summed E-state index contributed by atoms with van der Waals surface area (Å²) in [5, 5.41) is 2.73. The zero-order valence-electron chi connectivity index (χ0n) is 13.9. The quantitative estimate of drug-likeness (QED) is 0.618.